The molecule has 6 heteroatoms. The first-order chi connectivity index (χ1) is 8.25. The molecule has 3 atom stereocenters. The molecule has 3 heterocycles. The number of hydrogen-bond donors (Lipinski definition) is 2. The lowest BCUT2D eigenvalue weighted by Crippen LogP contribution is -2.49. The summed E-state index contributed by atoms with van der Waals surface area (Å²) in [6.45, 7) is 1.57. The third kappa shape index (κ3) is 2.34. The molecule has 102 valence electrons. The lowest BCUT2D eigenvalue weighted by atomic mass is 10.1. The Morgan fingerprint density at radius 2 is 2.00 bits per heavy atom. The fourth-order valence-corrected chi connectivity index (χ4v) is 3.31. The Kier molecular flexibility index (Phi) is 4.12. The number of fused-ring (bicyclic) bond motifs is 2. The quantitative estimate of drug-likeness (QED) is 0.709. The van der Waals surface area contributed by atoms with Crippen LogP contribution in [0.5, 0.6) is 0 Å². The van der Waals surface area contributed by atoms with Crippen molar-refractivity contribution in [1.29, 1.82) is 0 Å². The highest BCUT2D eigenvalue weighted by Gasteiger charge is 2.42. The first-order valence-electron chi connectivity index (χ1n) is 6.58. The van der Waals surface area contributed by atoms with E-state index in [0.29, 0.717) is 13.0 Å². The zero-order valence-electron chi connectivity index (χ0n) is 10.4. The number of carbonyl (C=O) groups is 2. The molecule has 0 saturated carbocycles. The van der Waals surface area contributed by atoms with E-state index in [9.17, 15) is 9.59 Å². The monoisotopic (exact) mass is 273 g/mol. The van der Waals surface area contributed by atoms with Crippen molar-refractivity contribution < 1.29 is 9.59 Å². The van der Waals surface area contributed by atoms with Crippen molar-refractivity contribution in [3.8, 4) is 0 Å². The van der Waals surface area contributed by atoms with Crippen LogP contribution in [0.3, 0.4) is 0 Å². The third-order valence-corrected chi connectivity index (χ3v) is 4.19. The van der Waals surface area contributed by atoms with Crippen LogP contribution in [0.4, 0.5) is 0 Å². The topological polar surface area (TPSA) is 61.4 Å². The van der Waals surface area contributed by atoms with Crippen LogP contribution >= 0.6 is 12.4 Å². The van der Waals surface area contributed by atoms with E-state index in [1.54, 1.807) is 0 Å². The molecule has 0 spiro atoms. The van der Waals surface area contributed by atoms with Crippen LogP contribution in [-0.4, -0.2) is 47.9 Å². The van der Waals surface area contributed by atoms with Crippen molar-refractivity contribution in [2.75, 3.05) is 13.1 Å². The maximum atomic E-state index is 12.4. The van der Waals surface area contributed by atoms with Gasteiger partial charge < -0.3 is 15.5 Å². The first-order valence-corrected chi connectivity index (χ1v) is 6.58. The normalized spacial score (nSPS) is 34.8. The van der Waals surface area contributed by atoms with Crippen LogP contribution in [0.15, 0.2) is 0 Å². The average Bonchev–Trinajstić information content (AvgIpc) is 2.90. The van der Waals surface area contributed by atoms with Gasteiger partial charge in [-0.05, 0) is 32.2 Å². The van der Waals surface area contributed by atoms with Crippen LogP contribution in [0.2, 0.25) is 0 Å². The van der Waals surface area contributed by atoms with Gasteiger partial charge in [-0.2, -0.15) is 0 Å². The highest BCUT2D eigenvalue weighted by molar-refractivity contribution is 5.85. The summed E-state index contributed by atoms with van der Waals surface area (Å²) in [4.78, 5) is 25.9. The molecule has 3 aliphatic rings. The van der Waals surface area contributed by atoms with Gasteiger partial charge in [-0.1, -0.05) is 0 Å². The molecule has 18 heavy (non-hydrogen) atoms. The van der Waals surface area contributed by atoms with Gasteiger partial charge in [0.25, 0.3) is 0 Å². The van der Waals surface area contributed by atoms with Gasteiger partial charge in [-0.3, -0.25) is 9.59 Å². The van der Waals surface area contributed by atoms with Gasteiger partial charge in [0.1, 0.15) is 0 Å². The van der Waals surface area contributed by atoms with Crippen LogP contribution < -0.4 is 10.6 Å². The Labute approximate surface area is 113 Å². The van der Waals surface area contributed by atoms with Crippen molar-refractivity contribution in [3.63, 3.8) is 0 Å². The fourth-order valence-electron chi connectivity index (χ4n) is 3.31. The molecule has 0 aromatic heterocycles. The van der Waals surface area contributed by atoms with E-state index in [4.69, 9.17) is 0 Å². The Balaban J connectivity index is 0.00000120. The van der Waals surface area contributed by atoms with Gasteiger partial charge in [-0.15, -0.1) is 12.4 Å². The number of nitrogens with one attached hydrogen (secondary N) is 2. The summed E-state index contributed by atoms with van der Waals surface area (Å²) >= 11 is 0. The molecule has 2 amide bonds. The van der Waals surface area contributed by atoms with E-state index in [-0.39, 0.29) is 42.3 Å². The Morgan fingerprint density at radius 1 is 1.22 bits per heavy atom. The first kappa shape index (κ1) is 13.6. The van der Waals surface area contributed by atoms with Crippen LogP contribution in [0.25, 0.3) is 0 Å². The van der Waals surface area contributed by atoms with Crippen molar-refractivity contribution in [1.82, 2.24) is 15.5 Å². The predicted octanol–water partition coefficient (Wildman–Crippen LogP) is 0.0397. The van der Waals surface area contributed by atoms with Crippen molar-refractivity contribution in [2.24, 2.45) is 0 Å². The number of halogens is 1. The maximum absolute atomic E-state index is 12.4. The van der Waals surface area contributed by atoms with Gasteiger partial charge in [-0.25, -0.2) is 0 Å². The summed E-state index contributed by atoms with van der Waals surface area (Å²) in [7, 11) is 0. The highest BCUT2D eigenvalue weighted by Crippen LogP contribution is 2.29. The van der Waals surface area contributed by atoms with E-state index < -0.39 is 0 Å². The van der Waals surface area contributed by atoms with Crippen molar-refractivity contribution >= 4 is 24.2 Å². The minimum atomic E-state index is -0.00805. The average molecular weight is 274 g/mol. The molecule has 2 bridgehead atoms. The largest absolute Gasteiger partial charge is 0.354 e. The van der Waals surface area contributed by atoms with Crippen LogP contribution in [0, 0.1) is 0 Å². The molecule has 0 aromatic rings. The minimum Gasteiger partial charge on any atom is -0.354 e. The second-order valence-corrected chi connectivity index (χ2v) is 5.29. The Hall–Kier alpha value is -0.810. The number of hydrogen-bond acceptors (Lipinski definition) is 3. The molecule has 3 aliphatic heterocycles. The molecule has 0 aromatic carbocycles. The van der Waals surface area contributed by atoms with Gasteiger partial charge >= 0.3 is 0 Å². The number of nitrogens with zero attached hydrogens (tertiary/aromatic N) is 1. The molecule has 3 fully saturated rings. The summed E-state index contributed by atoms with van der Waals surface area (Å²) in [5.74, 6) is 0.306. The Morgan fingerprint density at radius 3 is 2.72 bits per heavy atom. The number of carbonyl (C=O) groups excluding carboxylic acids is 2. The summed E-state index contributed by atoms with van der Waals surface area (Å²) in [5, 5.41) is 6.16. The van der Waals surface area contributed by atoms with Gasteiger partial charge in [0.15, 0.2) is 0 Å². The van der Waals surface area contributed by atoms with E-state index in [2.05, 4.69) is 10.6 Å². The van der Waals surface area contributed by atoms with Crippen molar-refractivity contribution in [3.05, 3.63) is 0 Å². The van der Waals surface area contributed by atoms with Gasteiger partial charge in [0, 0.05) is 25.0 Å². The summed E-state index contributed by atoms with van der Waals surface area (Å²) in [5.41, 5.74) is 0. The smallest absolute Gasteiger partial charge is 0.240 e. The molecular formula is C12H20ClN3O2. The molecule has 2 N–H and O–H groups in total. The number of amides is 2. The zero-order chi connectivity index (χ0) is 11.8. The fraction of sp³-hybridized carbons (Fsp3) is 0.833. The summed E-state index contributed by atoms with van der Waals surface area (Å²) in [6.07, 6.45) is 4.52. The van der Waals surface area contributed by atoms with E-state index in [1.807, 2.05) is 4.90 Å². The van der Waals surface area contributed by atoms with E-state index >= 15 is 0 Å². The molecule has 3 saturated heterocycles. The lowest BCUT2D eigenvalue weighted by Gasteiger charge is -2.30. The lowest BCUT2D eigenvalue weighted by molar-refractivity contribution is -0.135. The van der Waals surface area contributed by atoms with E-state index in [1.165, 1.54) is 0 Å². The molecule has 3 rings (SSSR count). The van der Waals surface area contributed by atoms with Gasteiger partial charge in [0.05, 0.1) is 6.04 Å². The molecule has 0 radical (unpaired) electrons. The second-order valence-electron chi connectivity index (χ2n) is 5.29. The van der Waals surface area contributed by atoms with Gasteiger partial charge in [0.2, 0.25) is 11.8 Å². The second kappa shape index (κ2) is 5.45. The Bertz CT molecular complexity index is 344. The maximum Gasteiger partial charge on any atom is 0.240 e. The zero-order valence-corrected chi connectivity index (χ0v) is 11.2. The summed E-state index contributed by atoms with van der Waals surface area (Å²) < 4.78 is 0. The molecule has 5 nitrogen and oxygen atoms in total. The molecular weight excluding hydrogens is 254 g/mol. The predicted molar refractivity (Wildman–Crippen MR) is 69.6 cm³/mol. The SMILES string of the molecule is Cl.O=C1CC2CCC(CN1)N2C(=O)C1CCCN1. The van der Waals surface area contributed by atoms with E-state index in [0.717, 1.165) is 32.2 Å². The van der Waals surface area contributed by atoms with Crippen molar-refractivity contribution in [2.45, 2.75) is 50.2 Å². The molecule has 0 aliphatic carbocycles. The highest BCUT2D eigenvalue weighted by atomic mass is 35.5. The standard InChI is InChI=1S/C12H19N3O2.ClH/c16-11-6-8-3-4-9(7-14-11)15(8)12(17)10-2-1-5-13-10;/h8-10,13H,1-7H2,(H,14,16);1H. The summed E-state index contributed by atoms with van der Waals surface area (Å²) in [6, 6.07) is 0.352. The van der Waals surface area contributed by atoms with Crippen LogP contribution in [0.1, 0.15) is 32.1 Å². The van der Waals surface area contributed by atoms with Crippen LogP contribution in [-0.2, 0) is 9.59 Å². The minimum absolute atomic E-state index is 0. The molecule has 3 unspecified atom stereocenters. The third-order valence-electron chi connectivity index (χ3n) is 4.19. The number of rotatable bonds is 1.